The summed E-state index contributed by atoms with van der Waals surface area (Å²) in [5.74, 6) is 0. The number of hydrogen-bond acceptors (Lipinski definition) is 5. The molecular formula is C16H33NaO5S. The van der Waals surface area contributed by atoms with Gasteiger partial charge in [-0.25, -0.2) is 8.42 Å². The molecule has 0 N–H and O–H groups in total. The van der Waals surface area contributed by atoms with Gasteiger partial charge in [-0.15, -0.1) is 0 Å². The van der Waals surface area contributed by atoms with E-state index >= 15 is 0 Å². The van der Waals surface area contributed by atoms with Crippen molar-refractivity contribution in [1.29, 1.82) is 0 Å². The minimum absolute atomic E-state index is 0. The Morgan fingerprint density at radius 2 is 1.26 bits per heavy atom. The number of unbranched alkanes of at least 4 members (excludes halogenated alkanes) is 1. The zero-order chi connectivity index (χ0) is 16.5. The molecule has 5 nitrogen and oxygen atoms in total. The second kappa shape index (κ2) is 19.2. The van der Waals surface area contributed by atoms with Gasteiger partial charge in [0.1, 0.15) is 0 Å². The van der Waals surface area contributed by atoms with E-state index in [2.05, 4.69) is 4.18 Å². The SMILES string of the molecule is C1CCCCCCOCCCCC1.CCCCOS(=O)(=O)[O-].[Na+]. The van der Waals surface area contributed by atoms with Crippen molar-refractivity contribution < 1.29 is 51.4 Å². The molecule has 1 aliphatic rings. The maximum Gasteiger partial charge on any atom is 1.00 e. The Morgan fingerprint density at radius 1 is 0.870 bits per heavy atom. The van der Waals surface area contributed by atoms with Crippen LogP contribution in [0.25, 0.3) is 0 Å². The normalized spacial score (nSPS) is 18.2. The Labute approximate surface area is 165 Å². The molecule has 23 heavy (non-hydrogen) atoms. The van der Waals surface area contributed by atoms with E-state index in [0.717, 1.165) is 19.6 Å². The molecule has 134 valence electrons. The second-order valence-corrected chi connectivity index (χ2v) is 6.78. The van der Waals surface area contributed by atoms with Gasteiger partial charge >= 0.3 is 29.6 Å². The summed E-state index contributed by atoms with van der Waals surface area (Å²) in [4.78, 5) is 0. The van der Waals surface area contributed by atoms with Gasteiger partial charge in [0.15, 0.2) is 0 Å². The second-order valence-electron chi connectivity index (χ2n) is 5.73. The number of rotatable bonds is 4. The molecule has 1 fully saturated rings. The molecule has 0 unspecified atom stereocenters. The molecule has 0 spiro atoms. The van der Waals surface area contributed by atoms with Crippen molar-refractivity contribution in [2.24, 2.45) is 0 Å². The van der Waals surface area contributed by atoms with Crippen LogP contribution in [-0.2, 0) is 19.3 Å². The summed E-state index contributed by atoms with van der Waals surface area (Å²) in [6.45, 7) is 3.88. The van der Waals surface area contributed by atoms with Crippen LogP contribution in [0, 0.1) is 0 Å². The minimum Gasteiger partial charge on any atom is -0.726 e. The Morgan fingerprint density at radius 3 is 1.61 bits per heavy atom. The quantitative estimate of drug-likeness (QED) is 0.326. The van der Waals surface area contributed by atoms with E-state index in [4.69, 9.17) is 4.74 Å². The first-order valence-electron chi connectivity index (χ1n) is 8.74. The zero-order valence-corrected chi connectivity index (χ0v) is 17.9. The first kappa shape index (κ1) is 26.1. The molecule has 7 heteroatoms. The van der Waals surface area contributed by atoms with E-state index in [1.165, 1.54) is 64.2 Å². The molecule has 0 aromatic rings. The Balaban J connectivity index is 0. The largest absolute Gasteiger partial charge is 1.00 e. The van der Waals surface area contributed by atoms with Crippen molar-refractivity contribution in [1.82, 2.24) is 0 Å². The van der Waals surface area contributed by atoms with E-state index in [1.54, 1.807) is 0 Å². The van der Waals surface area contributed by atoms with Gasteiger partial charge in [0.2, 0.25) is 10.4 Å². The first-order valence-corrected chi connectivity index (χ1v) is 10.1. The average Bonchev–Trinajstić information content (AvgIpc) is 2.48. The zero-order valence-electron chi connectivity index (χ0n) is 15.1. The van der Waals surface area contributed by atoms with Crippen LogP contribution in [0.4, 0.5) is 0 Å². The van der Waals surface area contributed by atoms with Crippen LogP contribution in [0.1, 0.15) is 84.0 Å². The van der Waals surface area contributed by atoms with E-state index in [1.807, 2.05) is 6.92 Å². The molecule has 1 heterocycles. The van der Waals surface area contributed by atoms with Gasteiger partial charge in [0, 0.05) is 13.2 Å². The molecule has 0 aromatic heterocycles. The molecule has 1 aliphatic heterocycles. The molecule has 1 saturated heterocycles. The standard InChI is InChI=1S/C12H24O.C4H10O4S.Na/c1-2-4-6-8-10-12-13-11-9-7-5-3-1;1-2-3-4-8-9(5,6)7;/h1-12H2;2-4H2,1H3,(H,5,6,7);/q;;+1/p-1. The molecule has 0 bridgehead atoms. The molecule has 0 saturated carbocycles. The Kier molecular flexibility index (Phi) is 21.7. The van der Waals surface area contributed by atoms with Crippen molar-refractivity contribution >= 4 is 10.4 Å². The maximum atomic E-state index is 9.73. The van der Waals surface area contributed by atoms with Crippen molar-refractivity contribution in [3.8, 4) is 0 Å². The van der Waals surface area contributed by atoms with Crippen molar-refractivity contribution in [2.75, 3.05) is 19.8 Å². The third kappa shape index (κ3) is 25.2. The molecule has 0 radical (unpaired) electrons. The fourth-order valence-corrected chi connectivity index (χ4v) is 2.55. The molecule has 0 aromatic carbocycles. The summed E-state index contributed by atoms with van der Waals surface area (Å²) < 4.78 is 38.6. The summed E-state index contributed by atoms with van der Waals surface area (Å²) in [5, 5.41) is 0. The van der Waals surface area contributed by atoms with Gasteiger partial charge in [-0.3, -0.25) is 4.18 Å². The van der Waals surface area contributed by atoms with Crippen molar-refractivity contribution in [2.45, 2.75) is 84.0 Å². The predicted octanol–water partition coefficient (Wildman–Crippen LogP) is 1.18. The maximum absolute atomic E-state index is 9.73. The fraction of sp³-hybridized carbons (Fsp3) is 1.00. The first-order chi connectivity index (χ1) is 10.6. The molecule has 1 rings (SSSR count). The van der Waals surface area contributed by atoms with Gasteiger partial charge in [0.25, 0.3) is 0 Å². The predicted molar refractivity (Wildman–Crippen MR) is 87.5 cm³/mol. The third-order valence-corrected chi connectivity index (χ3v) is 4.01. The van der Waals surface area contributed by atoms with Crippen LogP contribution < -0.4 is 29.6 Å². The fourth-order valence-electron chi connectivity index (χ4n) is 2.23. The van der Waals surface area contributed by atoms with Crippen molar-refractivity contribution in [3.63, 3.8) is 0 Å². The van der Waals surface area contributed by atoms with E-state index < -0.39 is 10.4 Å². The summed E-state index contributed by atoms with van der Waals surface area (Å²) in [7, 11) is -4.45. The van der Waals surface area contributed by atoms with Crippen LogP contribution in [-0.4, -0.2) is 32.8 Å². The number of hydrogen-bond donors (Lipinski definition) is 0. The van der Waals surface area contributed by atoms with Crippen molar-refractivity contribution in [3.05, 3.63) is 0 Å². The van der Waals surface area contributed by atoms with Crippen LogP contribution in [0.15, 0.2) is 0 Å². The smallest absolute Gasteiger partial charge is 0.726 e. The summed E-state index contributed by atoms with van der Waals surface area (Å²) >= 11 is 0. The van der Waals surface area contributed by atoms with E-state index in [0.29, 0.717) is 6.42 Å². The van der Waals surface area contributed by atoms with Gasteiger partial charge < -0.3 is 9.29 Å². The topological polar surface area (TPSA) is 75.7 Å². The summed E-state index contributed by atoms with van der Waals surface area (Å²) in [6.07, 6.45) is 15.4. The van der Waals surface area contributed by atoms with E-state index in [9.17, 15) is 13.0 Å². The molecule has 0 atom stereocenters. The van der Waals surface area contributed by atoms with Gasteiger partial charge in [-0.2, -0.15) is 0 Å². The van der Waals surface area contributed by atoms with Gasteiger partial charge in [-0.1, -0.05) is 64.7 Å². The Bertz CT molecular complexity index is 274. The molecule has 0 aliphatic carbocycles. The summed E-state index contributed by atoms with van der Waals surface area (Å²) in [5.41, 5.74) is 0. The van der Waals surface area contributed by atoms with Crippen LogP contribution in [0.5, 0.6) is 0 Å². The Hall–Kier alpha value is 0.830. The van der Waals surface area contributed by atoms with Gasteiger partial charge in [0.05, 0.1) is 6.61 Å². The monoisotopic (exact) mass is 360 g/mol. The van der Waals surface area contributed by atoms with E-state index in [-0.39, 0.29) is 36.2 Å². The third-order valence-electron chi connectivity index (χ3n) is 3.55. The average molecular weight is 360 g/mol. The van der Waals surface area contributed by atoms with Crippen LogP contribution in [0.3, 0.4) is 0 Å². The molecule has 0 amide bonds. The minimum atomic E-state index is -4.45. The van der Waals surface area contributed by atoms with Crippen LogP contribution >= 0.6 is 0 Å². The number of ether oxygens (including phenoxy) is 1. The van der Waals surface area contributed by atoms with Crippen LogP contribution in [0.2, 0.25) is 0 Å². The summed E-state index contributed by atoms with van der Waals surface area (Å²) in [6, 6.07) is 0. The molecular weight excluding hydrogens is 327 g/mol. The van der Waals surface area contributed by atoms with Gasteiger partial charge in [-0.05, 0) is 19.3 Å².